The first-order chi connectivity index (χ1) is 14.0. The zero-order valence-electron chi connectivity index (χ0n) is 14.9. The van der Waals surface area contributed by atoms with Gasteiger partial charge in [0.05, 0.1) is 22.5 Å². The highest BCUT2D eigenvalue weighted by Crippen LogP contribution is 2.37. The first kappa shape index (κ1) is 18.8. The average molecular weight is 398 g/mol. The number of benzene rings is 1. The van der Waals surface area contributed by atoms with Crippen LogP contribution in [0.25, 0.3) is 22.2 Å². The first-order valence-corrected chi connectivity index (χ1v) is 8.65. The first-order valence-electron chi connectivity index (χ1n) is 8.65. The molecule has 0 radical (unpaired) electrons. The number of fused-ring (bicyclic) bond motifs is 1. The second-order valence-corrected chi connectivity index (χ2v) is 6.30. The van der Waals surface area contributed by atoms with Gasteiger partial charge in [-0.2, -0.15) is 13.2 Å². The molecule has 0 bridgehead atoms. The minimum absolute atomic E-state index is 0.148. The fourth-order valence-corrected chi connectivity index (χ4v) is 2.98. The summed E-state index contributed by atoms with van der Waals surface area (Å²) in [7, 11) is 0. The third kappa shape index (κ3) is 3.87. The van der Waals surface area contributed by atoms with Crippen LogP contribution < -0.4 is 5.32 Å². The highest BCUT2D eigenvalue weighted by Gasteiger charge is 2.34. The predicted octanol–water partition coefficient (Wildman–Crippen LogP) is 5.92. The lowest BCUT2D eigenvalue weighted by Gasteiger charge is -2.13. The Hall–Kier alpha value is -3.55. The molecule has 0 spiro atoms. The van der Waals surface area contributed by atoms with Gasteiger partial charge in [0.2, 0.25) is 0 Å². The van der Waals surface area contributed by atoms with E-state index in [1.54, 1.807) is 42.6 Å². The minimum Gasteiger partial charge on any atom is -0.340 e. The van der Waals surface area contributed by atoms with E-state index < -0.39 is 18.4 Å². The highest BCUT2D eigenvalue weighted by atomic mass is 19.4. The summed E-state index contributed by atoms with van der Waals surface area (Å²) >= 11 is 0. The van der Waals surface area contributed by atoms with Crippen molar-refractivity contribution in [3.63, 3.8) is 0 Å². The van der Waals surface area contributed by atoms with E-state index in [1.807, 2.05) is 0 Å². The molecule has 4 rings (SSSR count). The number of aromatic nitrogens is 3. The molecular weight excluding hydrogens is 384 g/mol. The molecule has 0 aliphatic carbocycles. The summed E-state index contributed by atoms with van der Waals surface area (Å²) in [6.45, 7) is -0.596. The Morgan fingerprint density at radius 3 is 2.48 bits per heavy atom. The molecule has 4 nitrogen and oxygen atoms in total. The normalized spacial score (nSPS) is 11.6. The average Bonchev–Trinajstić information content (AvgIpc) is 2.73. The van der Waals surface area contributed by atoms with Crippen molar-refractivity contribution in [2.75, 3.05) is 5.32 Å². The lowest BCUT2D eigenvalue weighted by molar-refractivity contribution is -0.137. The Balaban J connectivity index is 1.73. The predicted molar refractivity (Wildman–Crippen MR) is 102 cm³/mol. The molecule has 1 aromatic carbocycles. The highest BCUT2D eigenvalue weighted by molar-refractivity contribution is 5.94. The lowest BCUT2D eigenvalue weighted by Crippen LogP contribution is -2.08. The zero-order valence-corrected chi connectivity index (χ0v) is 14.9. The molecule has 3 heterocycles. The van der Waals surface area contributed by atoms with Crippen molar-refractivity contribution in [2.45, 2.75) is 12.9 Å². The molecule has 29 heavy (non-hydrogen) atoms. The van der Waals surface area contributed by atoms with Crippen LogP contribution in [0.3, 0.4) is 0 Å². The molecule has 0 unspecified atom stereocenters. The van der Waals surface area contributed by atoms with Crippen LogP contribution in [0.4, 0.5) is 29.1 Å². The monoisotopic (exact) mass is 398 g/mol. The third-order valence-corrected chi connectivity index (χ3v) is 4.37. The Kier molecular flexibility index (Phi) is 4.84. The molecule has 0 aliphatic heterocycles. The molecule has 1 N–H and O–H groups in total. The van der Waals surface area contributed by atoms with Crippen molar-refractivity contribution in [2.24, 2.45) is 0 Å². The molecule has 4 aromatic rings. The largest absolute Gasteiger partial charge is 0.418 e. The molecule has 0 atom stereocenters. The fraction of sp³-hybridized carbons (Fsp3) is 0.0952. The maximum atomic E-state index is 13.3. The zero-order chi connectivity index (χ0) is 20.4. The van der Waals surface area contributed by atoms with E-state index in [0.29, 0.717) is 33.5 Å². The summed E-state index contributed by atoms with van der Waals surface area (Å²) in [6.07, 6.45) is -0.198. The van der Waals surface area contributed by atoms with Gasteiger partial charge in [0.25, 0.3) is 0 Å². The van der Waals surface area contributed by atoms with Crippen LogP contribution in [0.1, 0.15) is 11.1 Å². The Bertz CT molecular complexity index is 1160. The molecular formula is C21H14F4N4. The van der Waals surface area contributed by atoms with Crippen LogP contribution in [-0.4, -0.2) is 15.0 Å². The number of pyridine rings is 3. The van der Waals surface area contributed by atoms with Crippen molar-refractivity contribution >= 4 is 22.4 Å². The van der Waals surface area contributed by atoms with E-state index in [-0.39, 0.29) is 5.69 Å². The van der Waals surface area contributed by atoms with Gasteiger partial charge in [0.15, 0.2) is 0 Å². The third-order valence-electron chi connectivity index (χ3n) is 4.37. The number of nitrogens with zero attached hydrogens (tertiary/aromatic N) is 3. The van der Waals surface area contributed by atoms with Crippen molar-refractivity contribution in [1.29, 1.82) is 0 Å². The number of rotatable bonds is 4. The molecule has 0 aliphatic rings. The Morgan fingerprint density at radius 1 is 0.897 bits per heavy atom. The van der Waals surface area contributed by atoms with E-state index >= 15 is 0 Å². The number of alkyl halides is 4. The van der Waals surface area contributed by atoms with Gasteiger partial charge in [-0.3, -0.25) is 9.97 Å². The van der Waals surface area contributed by atoms with Gasteiger partial charge in [-0.25, -0.2) is 9.37 Å². The van der Waals surface area contributed by atoms with Crippen LogP contribution in [-0.2, 0) is 12.9 Å². The standard InChI is InChI=1S/C21H14F4N4/c22-11-13-3-6-19(28-12-13)29-17-7-9-26-18-10-14(4-5-15(17)18)20-16(21(23,24)25)2-1-8-27-20/h1-10,12H,11H2,(H,26,28,29). The van der Waals surface area contributed by atoms with Gasteiger partial charge in [0.1, 0.15) is 12.5 Å². The van der Waals surface area contributed by atoms with E-state index in [0.717, 1.165) is 6.07 Å². The summed E-state index contributed by atoms with van der Waals surface area (Å²) < 4.78 is 52.6. The molecule has 3 aromatic heterocycles. The molecule has 0 saturated carbocycles. The summed E-state index contributed by atoms with van der Waals surface area (Å²) in [5, 5.41) is 3.83. The van der Waals surface area contributed by atoms with E-state index in [1.165, 1.54) is 18.5 Å². The van der Waals surface area contributed by atoms with Gasteiger partial charge in [0, 0.05) is 35.1 Å². The van der Waals surface area contributed by atoms with Gasteiger partial charge in [-0.15, -0.1) is 0 Å². The summed E-state index contributed by atoms with van der Waals surface area (Å²) in [4.78, 5) is 12.3. The maximum Gasteiger partial charge on any atom is 0.418 e. The van der Waals surface area contributed by atoms with Crippen LogP contribution in [0.2, 0.25) is 0 Å². The smallest absolute Gasteiger partial charge is 0.340 e. The molecule has 146 valence electrons. The van der Waals surface area contributed by atoms with Gasteiger partial charge >= 0.3 is 6.18 Å². The second-order valence-electron chi connectivity index (χ2n) is 6.30. The minimum atomic E-state index is -4.51. The number of hydrogen-bond donors (Lipinski definition) is 1. The molecule has 0 fully saturated rings. The SMILES string of the molecule is FCc1ccc(Nc2ccnc3cc(-c4ncccc4C(F)(F)F)ccc23)nc1. The number of halogens is 4. The second kappa shape index (κ2) is 7.46. The number of nitrogens with one attached hydrogen (secondary N) is 1. The quantitative estimate of drug-likeness (QED) is 0.433. The van der Waals surface area contributed by atoms with Crippen LogP contribution >= 0.6 is 0 Å². The molecule has 0 saturated heterocycles. The lowest BCUT2D eigenvalue weighted by atomic mass is 10.0. The fourth-order valence-electron chi connectivity index (χ4n) is 2.98. The van der Waals surface area contributed by atoms with E-state index in [9.17, 15) is 17.6 Å². The Labute approximate surface area is 163 Å². The van der Waals surface area contributed by atoms with Crippen LogP contribution in [0, 0.1) is 0 Å². The van der Waals surface area contributed by atoms with Crippen LogP contribution in [0.15, 0.2) is 67.1 Å². The summed E-state index contributed by atoms with van der Waals surface area (Å²) in [5.74, 6) is 0.517. The van der Waals surface area contributed by atoms with Crippen molar-refractivity contribution in [3.05, 3.63) is 78.2 Å². The summed E-state index contributed by atoms with van der Waals surface area (Å²) in [5.41, 5.74) is 1.03. The van der Waals surface area contributed by atoms with E-state index in [2.05, 4.69) is 20.3 Å². The van der Waals surface area contributed by atoms with Gasteiger partial charge < -0.3 is 5.32 Å². The van der Waals surface area contributed by atoms with Crippen molar-refractivity contribution < 1.29 is 17.6 Å². The Morgan fingerprint density at radius 2 is 1.76 bits per heavy atom. The molecule has 0 amide bonds. The molecule has 8 heteroatoms. The van der Waals surface area contributed by atoms with Crippen molar-refractivity contribution in [1.82, 2.24) is 15.0 Å². The van der Waals surface area contributed by atoms with Crippen molar-refractivity contribution in [3.8, 4) is 11.3 Å². The van der Waals surface area contributed by atoms with Gasteiger partial charge in [-0.05, 0) is 30.3 Å². The number of anilines is 2. The van der Waals surface area contributed by atoms with E-state index in [4.69, 9.17) is 0 Å². The van der Waals surface area contributed by atoms with Crippen LogP contribution in [0.5, 0.6) is 0 Å². The maximum absolute atomic E-state index is 13.3. The summed E-state index contributed by atoms with van der Waals surface area (Å²) in [6, 6.07) is 12.1. The number of hydrogen-bond acceptors (Lipinski definition) is 4. The van der Waals surface area contributed by atoms with Gasteiger partial charge in [-0.1, -0.05) is 18.2 Å². The topological polar surface area (TPSA) is 50.7 Å².